The summed E-state index contributed by atoms with van der Waals surface area (Å²) in [5, 5.41) is 7.59. The third-order valence-electron chi connectivity index (χ3n) is 6.03. The number of hydrogen-bond donors (Lipinski definition) is 1. The number of aromatic nitrogens is 2. The highest BCUT2D eigenvalue weighted by Gasteiger charge is 2.21. The lowest BCUT2D eigenvalue weighted by Gasteiger charge is -2.15. The van der Waals surface area contributed by atoms with E-state index in [0.29, 0.717) is 30.1 Å². The van der Waals surface area contributed by atoms with Crippen LogP contribution in [0.2, 0.25) is 0 Å². The van der Waals surface area contributed by atoms with Gasteiger partial charge < -0.3 is 15.0 Å². The minimum Gasteiger partial charge on any atom is -0.436 e. The largest absolute Gasteiger partial charge is 0.436 e. The van der Waals surface area contributed by atoms with Gasteiger partial charge in [-0.05, 0) is 76.0 Å². The van der Waals surface area contributed by atoms with Crippen LogP contribution in [-0.4, -0.2) is 46.8 Å². The summed E-state index contributed by atoms with van der Waals surface area (Å²) < 4.78 is 35.3. The Hall–Kier alpha value is -3.26. The lowest BCUT2D eigenvalue weighted by Crippen LogP contribution is -2.33. The van der Waals surface area contributed by atoms with E-state index in [4.69, 9.17) is 4.74 Å². The third-order valence-corrected chi connectivity index (χ3v) is 6.03. The smallest absolute Gasteiger partial charge is 0.226 e. The Balaban J connectivity index is 1.53. The van der Waals surface area contributed by atoms with Crippen LogP contribution in [0.5, 0.6) is 11.6 Å². The van der Waals surface area contributed by atoms with Gasteiger partial charge in [-0.15, -0.1) is 0 Å². The Morgan fingerprint density at radius 2 is 1.91 bits per heavy atom. The second-order valence-corrected chi connectivity index (χ2v) is 8.70. The SMILES string of the molecule is Cc1cccc(-n2nc(C)c(CCC(=O)NCCN3CCCC3)c2Oc2ccc(F)cc2F)c1. The highest BCUT2D eigenvalue weighted by atomic mass is 19.1. The molecule has 1 amide bonds. The maximum Gasteiger partial charge on any atom is 0.226 e. The van der Waals surface area contributed by atoms with Crippen molar-refractivity contribution in [2.45, 2.75) is 39.5 Å². The van der Waals surface area contributed by atoms with Gasteiger partial charge in [0.2, 0.25) is 11.8 Å². The zero-order chi connectivity index (χ0) is 24.1. The molecular weight excluding hydrogens is 438 g/mol. The fraction of sp³-hybridized carbons (Fsp3) is 0.385. The molecule has 0 unspecified atom stereocenters. The van der Waals surface area contributed by atoms with E-state index in [-0.39, 0.29) is 18.1 Å². The van der Waals surface area contributed by atoms with Gasteiger partial charge in [-0.3, -0.25) is 4.79 Å². The van der Waals surface area contributed by atoms with Gasteiger partial charge in [-0.25, -0.2) is 13.5 Å². The van der Waals surface area contributed by atoms with Crippen molar-refractivity contribution in [1.29, 1.82) is 0 Å². The van der Waals surface area contributed by atoms with Crippen LogP contribution in [0.15, 0.2) is 42.5 Å². The first-order valence-electron chi connectivity index (χ1n) is 11.7. The van der Waals surface area contributed by atoms with Crippen LogP contribution >= 0.6 is 0 Å². The summed E-state index contributed by atoms with van der Waals surface area (Å²) in [6.07, 6.45) is 3.07. The van der Waals surface area contributed by atoms with Crippen molar-refractivity contribution in [1.82, 2.24) is 20.0 Å². The van der Waals surface area contributed by atoms with Gasteiger partial charge in [0, 0.05) is 31.1 Å². The molecule has 0 radical (unpaired) electrons. The van der Waals surface area contributed by atoms with Crippen LogP contribution in [0.25, 0.3) is 5.69 Å². The molecule has 34 heavy (non-hydrogen) atoms. The number of rotatable bonds is 9. The van der Waals surface area contributed by atoms with E-state index < -0.39 is 11.6 Å². The van der Waals surface area contributed by atoms with Gasteiger partial charge in [0.15, 0.2) is 11.6 Å². The zero-order valence-electron chi connectivity index (χ0n) is 19.6. The summed E-state index contributed by atoms with van der Waals surface area (Å²) in [4.78, 5) is 14.8. The monoisotopic (exact) mass is 468 g/mol. The van der Waals surface area contributed by atoms with Crippen molar-refractivity contribution in [2.75, 3.05) is 26.2 Å². The summed E-state index contributed by atoms with van der Waals surface area (Å²) in [5.74, 6) is -1.33. The Labute approximate surface area is 198 Å². The van der Waals surface area contributed by atoms with Gasteiger partial charge in [-0.1, -0.05) is 12.1 Å². The standard InChI is InChI=1S/C26H30F2N4O2/c1-18-6-5-7-21(16-18)32-26(34-24-10-8-20(27)17-23(24)28)22(19(2)30-32)9-11-25(33)29-12-15-31-13-3-4-14-31/h5-8,10,16-17H,3-4,9,11-15H2,1-2H3,(H,29,33). The van der Waals surface area contributed by atoms with Crippen LogP contribution in [0.1, 0.15) is 36.1 Å². The second-order valence-electron chi connectivity index (χ2n) is 8.70. The number of hydrogen-bond acceptors (Lipinski definition) is 4. The van der Waals surface area contributed by atoms with E-state index in [1.165, 1.54) is 18.9 Å². The maximum atomic E-state index is 14.4. The second kappa shape index (κ2) is 10.8. The van der Waals surface area contributed by atoms with E-state index in [9.17, 15) is 13.6 Å². The number of likely N-dealkylation sites (tertiary alicyclic amines) is 1. The zero-order valence-corrected chi connectivity index (χ0v) is 19.6. The molecule has 0 atom stereocenters. The number of halogens is 2. The molecule has 0 spiro atoms. The molecule has 0 aliphatic carbocycles. The summed E-state index contributed by atoms with van der Waals surface area (Å²) in [6.45, 7) is 7.45. The van der Waals surface area contributed by atoms with E-state index in [2.05, 4.69) is 15.3 Å². The molecule has 6 nitrogen and oxygen atoms in total. The number of carbonyl (C=O) groups is 1. The summed E-state index contributed by atoms with van der Waals surface area (Å²) in [7, 11) is 0. The first kappa shape index (κ1) is 23.9. The van der Waals surface area contributed by atoms with Crippen molar-refractivity contribution in [3.8, 4) is 17.3 Å². The van der Waals surface area contributed by atoms with E-state index >= 15 is 0 Å². The lowest BCUT2D eigenvalue weighted by atomic mass is 10.1. The molecule has 0 bridgehead atoms. The normalized spacial score (nSPS) is 13.9. The summed E-state index contributed by atoms with van der Waals surface area (Å²) in [5.41, 5.74) is 3.18. The van der Waals surface area contributed by atoms with Crippen LogP contribution in [-0.2, 0) is 11.2 Å². The number of benzene rings is 2. The first-order valence-corrected chi connectivity index (χ1v) is 11.7. The molecule has 1 fully saturated rings. The average molecular weight is 469 g/mol. The summed E-state index contributed by atoms with van der Waals surface area (Å²) >= 11 is 0. The molecule has 1 N–H and O–H groups in total. The van der Waals surface area contributed by atoms with Gasteiger partial charge in [0.25, 0.3) is 0 Å². The van der Waals surface area contributed by atoms with E-state index in [0.717, 1.165) is 43.0 Å². The summed E-state index contributed by atoms with van der Waals surface area (Å²) in [6, 6.07) is 10.9. The highest BCUT2D eigenvalue weighted by molar-refractivity contribution is 5.76. The number of aryl methyl sites for hydroxylation is 2. The van der Waals surface area contributed by atoms with E-state index in [1.54, 1.807) is 4.68 Å². The van der Waals surface area contributed by atoms with Crippen molar-refractivity contribution < 1.29 is 18.3 Å². The van der Waals surface area contributed by atoms with Crippen LogP contribution in [0.4, 0.5) is 8.78 Å². The number of carbonyl (C=O) groups excluding carboxylic acids is 1. The minimum absolute atomic E-state index is 0.0548. The van der Waals surface area contributed by atoms with Crippen LogP contribution in [0.3, 0.4) is 0 Å². The Kier molecular flexibility index (Phi) is 7.57. The molecule has 0 saturated carbocycles. The van der Waals surface area contributed by atoms with Gasteiger partial charge in [0.1, 0.15) is 5.82 Å². The number of amides is 1. The van der Waals surface area contributed by atoms with Crippen LogP contribution in [0, 0.1) is 25.5 Å². The minimum atomic E-state index is -0.805. The number of nitrogens with zero attached hydrogens (tertiary/aromatic N) is 3. The van der Waals surface area contributed by atoms with Crippen molar-refractivity contribution >= 4 is 5.91 Å². The van der Waals surface area contributed by atoms with Crippen molar-refractivity contribution in [3.63, 3.8) is 0 Å². The fourth-order valence-electron chi connectivity index (χ4n) is 4.21. The molecule has 1 saturated heterocycles. The van der Waals surface area contributed by atoms with Gasteiger partial charge >= 0.3 is 0 Å². The first-order chi connectivity index (χ1) is 16.4. The highest BCUT2D eigenvalue weighted by Crippen LogP contribution is 2.33. The molecule has 4 rings (SSSR count). The predicted octanol–water partition coefficient (Wildman–Crippen LogP) is 4.70. The van der Waals surface area contributed by atoms with Crippen molar-refractivity contribution in [2.24, 2.45) is 0 Å². The Morgan fingerprint density at radius 3 is 2.65 bits per heavy atom. The molecule has 2 aromatic carbocycles. The van der Waals surface area contributed by atoms with Gasteiger partial charge in [0.05, 0.1) is 11.4 Å². The molecule has 1 aliphatic rings. The number of ether oxygens (including phenoxy) is 1. The molecule has 8 heteroatoms. The predicted molar refractivity (Wildman–Crippen MR) is 126 cm³/mol. The number of nitrogens with one attached hydrogen (secondary N) is 1. The molecule has 1 aromatic heterocycles. The molecule has 1 aliphatic heterocycles. The topological polar surface area (TPSA) is 59.4 Å². The Bertz CT molecular complexity index is 1160. The van der Waals surface area contributed by atoms with E-state index in [1.807, 2.05) is 38.1 Å². The molecule has 3 aromatic rings. The van der Waals surface area contributed by atoms with Gasteiger partial charge in [-0.2, -0.15) is 5.10 Å². The molecule has 2 heterocycles. The fourth-order valence-corrected chi connectivity index (χ4v) is 4.21. The maximum absolute atomic E-state index is 14.4. The van der Waals surface area contributed by atoms with Crippen LogP contribution < -0.4 is 10.1 Å². The lowest BCUT2D eigenvalue weighted by molar-refractivity contribution is -0.121. The average Bonchev–Trinajstić information content (AvgIpc) is 3.42. The quantitative estimate of drug-likeness (QED) is 0.494. The van der Waals surface area contributed by atoms with Crippen molar-refractivity contribution in [3.05, 3.63) is 70.9 Å². The molecular formula is C26H30F2N4O2. The Morgan fingerprint density at radius 1 is 1.12 bits per heavy atom. The third kappa shape index (κ3) is 5.80. The molecule has 180 valence electrons.